The number of carbonyl (C=O) groups is 1. The second-order valence-corrected chi connectivity index (χ2v) is 8.75. The van der Waals surface area contributed by atoms with Crippen LogP contribution >= 0.6 is 0 Å². The molecule has 0 fully saturated rings. The maximum absolute atomic E-state index is 13.1. The molecule has 1 N–H and O–H groups in total. The highest BCUT2D eigenvalue weighted by atomic mass is 16.5. The van der Waals surface area contributed by atoms with E-state index in [1.54, 1.807) is 13.2 Å². The third kappa shape index (κ3) is 2.92. The fourth-order valence-corrected chi connectivity index (χ4v) is 5.36. The van der Waals surface area contributed by atoms with Crippen molar-refractivity contribution < 1.29 is 18.7 Å². The van der Waals surface area contributed by atoms with Gasteiger partial charge in [-0.3, -0.25) is 9.59 Å². The molecule has 2 aromatic carbocycles. The van der Waals surface area contributed by atoms with E-state index < -0.39 is 11.9 Å². The van der Waals surface area contributed by atoms with Gasteiger partial charge in [0.2, 0.25) is 0 Å². The summed E-state index contributed by atoms with van der Waals surface area (Å²) in [6, 6.07) is 9.13. The quantitative estimate of drug-likeness (QED) is 0.287. The van der Waals surface area contributed by atoms with Crippen LogP contribution in [0.4, 0.5) is 0 Å². The summed E-state index contributed by atoms with van der Waals surface area (Å²) in [4.78, 5) is 41.3. The summed E-state index contributed by atoms with van der Waals surface area (Å²) in [6.45, 7) is 1.89. The summed E-state index contributed by atoms with van der Waals surface area (Å²) in [7, 11) is 1.57. The van der Waals surface area contributed by atoms with Crippen LogP contribution in [0.5, 0.6) is 11.5 Å². The lowest BCUT2D eigenvalue weighted by atomic mass is 9.82. The summed E-state index contributed by atoms with van der Waals surface area (Å²) >= 11 is 0. The average molecular weight is 443 g/mol. The Labute approximate surface area is 187 Å². The monoisotopic (exact) mass is 443 g/mol. The number of H-pyrrole nitrogens is 1. The Hall–Kier alpha value is -3.87. The molecule has 1 aliphatic heterocycles. The second kappa shape index (κ2) is 7.07. The van der Waals surface area contributed by atoms with Gasteiger partial charge in [0.1, 0.15) is 17.1 Å². The minimum Gasteiger partial charge on any atom is -0.497 e. The first-order chi connectivity index (χ1) is 15.9. The fourth-order valence-electron chi connectivity index (χ4n) is 5.36. The molecule has 2 aromatic heterocycles. The summed E-state index contributed by atoms with van der Waals surface area (Å²) in [5.41, 5.74) is 4.16. The van der Waals surface area contributed by atoms with Crippen LogP contribution in [0, 0.1) is 6.92 Å². The van der Waals surface area contributed by atoms with Crippen molar-refractivity contribution in [2.75, 3.05) is 7.11 Å². The molecule has 0 saturated carbocycles. The van der Waals surface area contributed by atoms with E-state index in [4.69, 9.17) is 13.9 Å². The number of carbonyl (C=O) groups excluding carboxylic acids is 1. The van der Waals surface area contributed by atoms with Crippen LogP contribution in [0.15, 0.2) is 44.3 Å². The number of methoxy groups -OCH3 is 1. The molecule has 7 nitrogen and oxygen atoms in total. The van der Waals surface area contributed by atoms with Gasteiger partial charge >= 0.3 is 11.6 Å². The predicted molar refractivity (Wildman–Crippen MR) is 122 cm³/mol. The molecule has 0 bridgehead atoms. The van der Waals surface area contributed by atoms with Crippen molar-refractivity contribution in [3.05, 3.63) is 78.9 Å². The highest BCUT2D eigenvalue weighted by molar-refractivity contribution is 5.95. The van der Waals surface area contributed by atoms with Gasteiger partial charge in [0.15, 0.2) is 0 Å². The summed E-state index contributed by atoms with van der Waals surface area (Å²) < 4.78 is 16.6. The van der Waals surface area contributed by atoms with Gasteiger partial charge in [-0.05, 0) is 67.0 Å². The van der Waals surface area contributed by atoms with Gasteiger partial charge in [0.05, 0.1) is 24.4 Å². The number of hydrogen-bond donors (Lipinski definition) is 1. The number of aryl methyl sites for hydroxylation is 2. The highest BCUT2D eigenvalue weighted by Gasteiger charge is 2.35. The van der Waals surface area contributed by atoms with E-state index in [1.165, 1.54) is 0 Å². The molecule has 1 aliphatic carbocycles. The average Bonchev–Trinajstić information content (AvgIpc) is 3.28. The molecule has 1 atom stereocenters. The zero-order valence-corrected chi connectivity index (χ0v) is 18.2. The number of aromatic nitrogens is 1. The largest absolute Gasteiger partial charge is 0.497 e. The summed E-state index contributed by atoms with van der Waals surface area (Å²) in [5, 5.41) is 1.53. The van der Waals surface area contributed by atoms with Gasteiger partial charge in [-0.15, -0.1) is 0 Å². The molecule has 0 saturated heterocycles. The molecule has 3 heterocycles. The molecule has 4 aromatic rings. The number of fused-ring (bicyclic) bond motifs is 6. The zero-order valence-electron chi connectivity index (χ0n) is 18.2. The molecule has 0 unspecified atom stereocenters. The fraction of sp³-hybridized carbons (Fsp3) is 0.269. The van der Waals surface area contributed by atoms with Crippen molar-refractivity contribution in [1.82, 2.24) is 4.98 Å². The Morgan fingerprint density at radius 1 is 1.06 bits per heavy atom. The van der Waals surface area contributed by atoms with Crippen molar-refractivity contribution >= 4 is 27.8 Å². The zero-order chi connectivity index (χ0) is 22.9. The van der Waals surface area contributed by atoms with Gasteiger partial charge in [-0.1, -0.05) is 0 Å². The van der Waals surface area contributed by atoms with E-state index in [-0.39, 0.29) is 17.6 Å². The van der Waals surface area contributed by atoms with E-state index >= 15 is 0 Å². The predicted octanol–water partition coefficient (Wildman–Crippen LogP) is 3.88. The third-order valence-corrected chi connectivity index (χ3v) is 6.85. The van der Waals surface area contributed by atoms with Crippen LogP contribution < -0.4 is 20.7 Å². The number of pyridine rings is 1. The Bertz CT molecular complexity index is 1610. The van der Waals surface area contributed by atoms with Crippen LogP contribution in [0.2, 0.25) is 0 Å². The number of ether oxygens (including phenoxy) is 2. The molecular weight excluding hydrogens is 422 g/mol. The second-order valence-electron chi connectivity index (χ2n) is 8.75. The van der Waals surface area contributed by atoms with E-state index in [1.807, 2.05) is 31.2 Å². The number of aromatic amines is 1. The Kier molecular flexibility index (Phi) is 4.24. The first-order valence-electron chi connectivity index (χ1n) is 11.0. The summed E-state index contributed by atoms with van der Waals surface area (Å²) in [6.07, 6.45) is 2.30. The lowest BCUT2D eigenvalue weighted by Crippen LogP contribution is -2.27. The van der Waals surface area contributed by atoms with Crippen molar-refractivity contribution in [2.45, 2.75) is 38.5 Å². The third-order valence-electron chi connectivity index (χ3n) is 6.85. The summed E-state index contributed by atoms with van der Waals surface area (Å²) in [5.74, 6) is 0.189. The number of nitrogens with one attached hydrogen (secondary N) is 1. The molecule has 6 rings (SSSR count). The van der Waals surface area contributed by atoms with E-state index in [9.17, 15) is 14.4 Å². The first kappa shape index (κ1) is 19.8. The van der Waals surface area contributed by atoms with Crippen LogP contribution in [-0.4, -0.2) is 18.1 Å². The van der Waals surface area contributed by atoms with Crippen LogP contribution in [0.1, 0.15) is 46.6 Å². The van der Waals surface area contributed by atoms with Crippen molar-refractivity contribution in [1.29, 1.82) is 0 Å². The molecule has 2 aliphatic rings. The van der Waals surface area contributed by atoms with Gasteiger partial charge in [-0.2, -0.15) is 0 Å². The van der Waals surface area contributed by atoms with E-state index in [0.717, 1.165) is 34.9 Å². The number of benzene rings is 2. The van der Waals surface area contributed by atoms with Crippen molar-refractivity contribution in [3.63, 3.8) is 0 Å². The van der Waals surface area contributed by atoms with Crippen LogP contribution in [0.3, 0.4) is 0 Å². The Balaban J connectivity index is 1.63. The van der Waals surface area contributed by atoms with Crippen molar-refractivity contribution in [2.24, 2.45) is 0 Å². The maximum atomic E-state index is 13.1. The normalized spacial score (nSPS) is 17.2. The van der Waals surface area contributed by atoms with Gasteiger partial charge < -0.3 is 18.9 Å². The molecule has 0 radical (unpaired) electrons. The smallest absolute Gasteiger partial charge is 0.339 e. The molecule has 166 valence electrons. The first-order valence-corrected chi connectivity index (χ1v) is 11.0. The van der Waals surface area contributed by atoms with E-state index in [0.29, 0.717) is 45.5 Å². The number of rotatable bonds is 2. The molecule has 33 heavy (non-hydrogen) atoms. The molecule has 0 amide bonds. The van der Waals surface area contributed by atoms with Gasteiger partial charge in [0, 0.05) is 28.7 Å². The van der Waals surface area contributed by atoms with Gasteiger partial charge in [0.25, 0.3) is 5.56 Å². The Morgan fingerprint density at radius 2 is 1.88 bits per heavy atom. The number of hydrogen-bond acceptors (Lipinski definition) is 6. The minimum absolute atomic E-state index is 0.0586. The molecule has 7 heteroatoms. The maximum Gasteiger partial charge on any atom is 0.339 e. The van der Waals surface area contributed by atoms with Crippen LogP contribution in [-0.2, 0) is 17.6 Å². The Morgan fingerprint density at radius 3 is 2.70 bits per heavy atom. The molecular formula is C26H21NO6. The van der Waals surface area contributed by atoms with E-state index in [2.05, 4.69) is 4.98 Å². The van der Waals surface area contributed by atoms with Crippen molar-refractivity contribution in [3.8, 4) is 11.5 Å². The molecule has 0 spiro atoms. The minimum atomic E-state index is -0.468. The standard InChI is InChI=1S/C26H21NO6/c1-12-8-20-23(15-4-3-5-16(15)26(30)32-20)24-22(12)17(11-21(28)33-24)18-9-13-6-7-14(31-2)10-19(13)27-25(18)29/h6-10,17H,3-5,11H2,1-2H3,(H,27,29)/t17-/m1/s1. The number of esters is 1. The topological polar surface area (TPSA) is 98.6 Å². The lowest BCUT2D eigenvalue weighted by Gasteiger charge is -2.28. The highest BCUT2D eigenvalue weighted by Crippen LogP contribution is 2.46. The van der Waals surface area contributed by atoms with Crippen LogP contribution in [0.25, 0.3) is 21.9 Å². The SMILES string of the molecule is COc1ccc2cc([C@H]3CC(=O)Oc4c3c(C)cc3oc(=O)c5c(c43)CCC5)c(=O)[nH]c2c1. The van der Waals surface area contributed by atoms with Gasteiger partial charge in [-0.25, -0.2) is 4.79 Å². The lowest BCUT2D eigenvalue weighted by molar-refractivity contribution is -0.135.